The summed E-state index contributed by atoms with van der Waals surface area (Å²) in [7, 11) is 0. The summed E-state index contributed by atoms with van der Waals surface area (Å²) in [5.41, 5.74) is 9.96. The van der Waals surface area contributed by atoms with Crippen molar-refractivity contribution in [3.63, 3.8) is 0 Å². The van der Waals surface area contributed by atoms with Crippen LogP contribution in [0.4, 0.5) is 0 Å². The molecule has 0 aliphatic rings. The maximum absolute atomic E-state index is 2.42. The van der Waals surface area contributed by atoms with Crippen LogP contribution in [0.15, 0.2) is 194 Å². The molecule has 12 aromatic rings. The van der Waals surface area contributed by atoms with Gasteiger partial charge in [0.1, 0.15) is 0 Å². The largest absolute Gasteiger partial charge is 0.0622 e. The molecular formula is C54H32. The monoisotopic (exact) mass is 680 g/mol. The lowest BCUT2D eigenvalue weighted by Crippen LogP contribution is -1.93. The number of fused-ring (bicyclic) bond motifs is 1. The second-order valence-electron chi connectivity index (χ2n) is 14.8. The molecule has 0 aromatic heterocycles. The van der Waals surface area contributed by atoms with Crippen molar-refractivity contribution in [3.05, 3.63) is 194 Å². The van der Waals surface area contributed by atoms with Gasteiger partial charge in [-0.2, -0.15) is 0 Å². The summed E-state index contributed by atoms with van der Waals surface area (Å²) >= 11 is 0. The van der Waals surface area contributed by atoms with Crippen molar-refractivity contribution in [3.8, 4) is 44.5 Å². The van der Waals surface area contributed by atoms with Gasteiger partial charge in [0.25, 0.3) is 0 Å². The van der Waals surface area contributed by atoms with E-state index in [1.165, 1.54) is 120 Å². The molecule has 0 heteroatoms. The van der Waals surface area contributed by atoms with Crippen LogP contribution >= 0.6 is 0 Å². The van der Waals surface area contributed by atoms with Gasteiger partial charge in [-0.25, -0.2) is 0 Å². The van der Waals surface area contributed by atoms with Crippen LogP contribution in [0.2, 0.25) is 0 Å². The van der Waals surface area contributed by atoms with Crippen molar-refractivity contribution < 1.29 is 0 Å². The first-order chi connectivity index (χ1) is 26.8. The third kappa shape index (κ3) is 4.20. The maximum Gasteiger partial charge on any atom is -0.00206 e. The van der Waals surface area contributed by atoms with Gasteiger partial charge in [0.05, 0.1) is 0 Å². The first kappa shape index (κ1) is 29.5. The average Bonchev–Trinajstić information content (AvgIpc) is 3.24. The van der Waals surface area contributed by atoms with Crippen LogP contribution in [-0.4, -0.2) is 0 Å². The molecule has 0 bridgehead atoms. The molecule has 0 amide bonds. The molecule has 0 aliphatic heterocycles. The SMILES string of the molecule is c1ccc(-c2ccc(-c3ccc(-c4ccc5ccc6cccc7ccc4c5c67)c4ccccc34)c(-c3ccc4ccc5cccc6ccc3c4c56)c2)cc1. The molecule has 0 spiro atoms. The van der Waals surface area contributed by atoms with E-state index in [0.29, 0.717) is 0 Å². The molecule has 0 heterocycles. The average molecular weight is 681 g/mol. The van der Waals surface area contributed by atoms with Crippen molar-refractivity contribution in [1.82, 2.24) is 0 Å². The number of rotatable bonds is 4. The summed E-state index contributed by atoms with van der Waals surface area (Å²) in [5.74, 6) is 0. The minimum atomic E-state index is 1.22. The first-order valence-corrected chi connectivity index (χ1v) is 18.8. The van der Waals surface area contributed by atoms with Gasteiger partial charge in [0.2, 0.25) is 0 Å². The van der Waals surface area contributed by atoms with Crippen LogP contribution < -0.4 is 0 Å². The van der Waals surface area contributed by atoms with Crippen LogP contribution in [0.1, 0.15) is 0 Å². The minimum Gasteiger partial charge on any atom is -0.0622 e. The van der Waals surface area contributed by atoms with Gasteiger partial charge in [-0.15, -0.1) is 0 Å². The Morgan fingerprint density at radius 1 is 0.185 bits per heavy atom. The highest BCUT2D eigenvalue weighted by Crippen LogP contribution is 2.47. The summed E-state index contributed by atoms with van der Waals surface area (Å²) in [6.07, 6.45) is 0. The van der Waals surface area contributed by atoms with Crippen molar-refractivity contribution >= 4 is 75.4 Å². The summed E-state index contributed by atoms with van der Waals surface area (Å²) < 4.78 is 0. The highest BCUT2D eigenvalue weighted by Gasteiger charge is 2.19. The van der Waals surface area contributed by atoms with Crippen LogP contribution in [0.25, 0.3) is 120 Å². The van der Waals surface area contributed by atoms with E-state index >= 15 is 0 Å². The minimum absolute atomic E-state index is 1.22. The molecule has 248 valence electrons. The molecule has 12 rings (SSSR count). The Morgan fingerprint density at radius 2 is 0.574 bits per heavy atom. The third-order valence-corrected chi connectivity index (χ3v) is 12.0. The Morgan fingerprint density at radius 3 is 1.13 bits per heavy atom. The lowest BCUT2D eigenvalue weighted by Gasteiger charge is -2.20. The zero-order chi connectivity index (χ0) is 35.3. The lowest BCUT2D eigenvalue weighted by atomic mass is 9.83. The van der Waals surface area contributed by atoms with Crippen LogP contribution in [0.5, 0.6) is 0 Å². The Kier molecular flexibility index (Phi) is 6.15. The standard InChI is InChI=1S/C54H32/c1-2-8-33(9-3-1)40-24-27-46(50(32-40)47-26-21-39-19-17-35-11-7-13-37-23-29-49(47)54(39)52(35)37)44-31-30-43(41-14-4-5-15-42(41)44)45-25-20-38-18-16-34-10-6-12-36-22-28-48(45)53(38)51(34)36/h1-32H. The summed E-state index contributed by atoms with van der Waals surface area (Å²) in [5, 5.41) is 18.2. The van der Waals surface area contributed by atoms with Gasteiger partial charge >= 0.3 is 0 Å². The van der Waals surface area contributed by atoms with Gasteiger partial charge in [0.15, 0.2) is 0 Å². The predicted octanol–water partition coefficient (Wildman–Crippen LogP) is 15.3. The number of hydrogen-bond acceptors (Lipinski definition) is 0. The molecule has 0 fully saturated rings. The van der Waals surface area contributed by atoms with E-state index in [4.69, 9.17) is 0 Å². The fraction of sp³-hybridized carbons (Fsp3) is 0. The van der Waals surface area contributed by atoms with Crippen LogP contribution in [-0.2, 0) is 0 Å². The molecule has 0 atom stereocenters. The van der Waals surface area contributed by atoms with Crippen LogP contribution in [0, 0.1) is 0 Å². The Labute approximate surface area is 312 Å². The van der Waals surface area contributed by atoms with Crippen molar-refractivity contribution in [2.24, 2.45) is 0 Å². The third-order valence-electron chi connectivity index (χ3n) is 12.0. The molecule has 54 heavy (non-hydrogen) atoms. The molecule has 0 radical (unpaired) electrons. The van der Waals surface area contributed by atoms with Crippen molar-refractivity contribution in [2.75, 3.05) is 0 Å². The molecule has 0 aliphatic carbocycles. The van der Waals surface area contributed by atoms with E-state index in [0.717, 1.165) is 0 Å². The summed E-state index contributed by atoms with van der Waals surface area (Å²) in [6, 6.07) is 72.5. The van der Waals surface area contributed by atoms with Gasteiger partial charge in [0, 0.05) is 0 Å². The molecule has 0 nitrogen and oxygen atoms in total. The lowest BCUT2D eigenvalue weighted by molar-refractivity contribution is 1.59. The predicted molar refractivity (Wildman–Crippen MR) is 233 cm³/mol. The first-order valence-electron chi connectivity index (χ1n) is 18.8. The molecule has 0 saturated heterocycles. The zero-order valence-corrected chi connectivity index (χ0v) is 29.5. The van der Waals surface area contributed by atoms with Gasteiger partial charge in [-0.1, -0.05) is 188 Å². The number of hydrogen-bond donors (Lipinski definition) is 0. The van der Waals surface area contributed by atoms with Gasteiger partial charge < -0.3 is 0 Å². The molecule has 0 saturated carbocycles. The second kappa shape index (κ2) is 11.2. The molecule has 0 unspecified atom stereocenters. The topological polar surface area (TPSA) is 0 Å². The van der Waals surface area contributed by atoms with E-state index in [2.05, 4.69) is 194 Å². The Hall–Kier alpha value is -7.02. The second-order valence-corrected chi connectivity index (χ2v) is 14.8. The zero-order valence-electron chi connectivity index (χ0n) is 29.5. The molecular weight excluding hydrogens is 649 g/mol. The quantitative estimate of drug-likeness (QED) is 0.162. The molecule has 12 aromatic carbocycles. The Bertz CT molecular complexity index is 3390. The van der Waals surface area contributed by atoms with Crippen LogP contribution in [0.3, 0.4) is 0 Å². The van der Waals surface area contributed by atoms with E-state index in [9.17, 15) is 0 Å². The van der Waals surface area contributed by atoms with Gasteiger partial charge in [-0.05, 0) is 126 Å². The van der Waals surface area contributed by atoms with E-state index in [1.807, 2.05) is 0 Å². The highest BCUT2D eigenvalue weighted by molar-refractivity contribution is 6.28. The Balaban J connectivity index is 1.13. The summed E-state index contributed by atoms with van der Waals surface area (Å²) in [6.45, 7) is 0. The van der Waals surface area contributed by atoms with E-state index in [-0.39, 0.29) is 0 Å². The van der Waals surface area contributed by atoms with Crippen molar-refractivity contribution in [1.29, 1.82) is 0 Å². The fourth-order valence-corrected chi connectivity index (χ4v) is 9.52. The summed E-state index contributed by atoms with van der Waals surface area (Å²) in [4.78, 5) is 0. The number of benzene rings is 12. The van der Waals surface area contributed by atoms with Gasteiger partial charge in [-0.3, -0.25) is 0 Å². The van der Waals surface area contributed by atoms with Crippen molar-refractivity contribution in [2.45, 2.75) is 0 Å². The maximum atomic E-state index is 2.42. The smallest absolute Gasteiger partial charge is 0.00206 e. The normalized spacial score (nSPS) is 12.1. The van der Waals surface area contributed by atoms with E-state index in [1.54, 1.807) is 0 Å². The fourth-order valence-electron chi connectivity index (χ4n) is 9.52. The van der Waals surface area contributed by atoms with E-state index < -0.39 is 0 Å². The molecule has 0 N–H and O–H groups in total. The highest BCUT2D eigenvalue weighted by atomic mass is 14.2.